The number of carbonyl (C=O) groups is 2. The molecule has 6 nitrogen and oxygen atoms in total. The van der Waals surface area contributed by atoms with Crippen LogP contribution in [0.25, 0.3) is 44.1 Å². The van der Waals surface area contributed by atoms with Crippen LogP contribution in [0.15, 0.2) is 181 Å². The summed E-state index contributed by atoms with van der Waals surface area (Å²) in [5, 5.41) is 1.86. The molecular weight excluding hydrogens is 689 g/mol. The molecule has 6 heteroatoms. The van der Waals surface area contributed by atoms with Crippen LogP contribution in [0, 0.1) is 0 Å². The van der Waals surface area contributed by atoms with Crippen LogP contribution in [0.5, 0.6) is 0 Å². The van der Waals surface area contributed by atoms with Crippen LogP contribution in [0.2, 0.25) is 0 Å². The number of rotatable bonds is 3. The normalized spacial score (nSPS) is 15.3. The lowest BCUT2D eigenvalue weighted by Gasteiger charge is -2.33. The first-order valence-electron chi connectivity index (χ1n) is 18.9. The second-order valence-electron chi connectivity index (χ2n) is 14.8. The quantitative estimate of drug-likeness (QED) is 0.134. The zero-order chi connectivity index (χ0) is 37.1. The van der Waals surface area contributed by atoms with E-state index in [9.17, 15) is 9.59 Å². The summed E-state index contributed by atoms with van der Waals surface area (Å²) >= 11 is 0. The highest BCUT2D eigenvalue weighted by Crippen LogP contribution is 2.58. The molecule has 7 aromatic carbocycles. The van der Waals surface area contributed by atoms with Crippen LogP contribution < -0.4 is 9.80 Å². The highest BCUT2D eigenvalue weighted by molar-refractivity contribution is 6.40. The van der Waals surface area contributed by atoms with Gasteiger partial charge in [-0.2, -0.15) is 0 Å². The third kappa shape index (κ3) is 4.21. The molecule has 3 aliphatic carbocycles. The molecule has 0 radical (unpaired) electrons. The fourth-order valence-electron chi connectivity index (χ4n) is 9.44. The maximum Gasteiger partial charge on any atom is 0.197 e. The van der Waals surface area contributed by atoms with Crippen molar-refractivity contribution in [2.24, 2.45) is 0 Å². The topological polar surface area (TPSA) is 66.4 Å². The SMILES string of the molecule is O=C1C(=CC=C2N(C3c4ccccc4-c4ccccc43)c3nc4ccccc4nc3N2C2c3ccccc3-c3ccccc32)C(=O)c2cc3ccccc3cc21. The molecule has 12 rings (SSSR count). The Morgan fingerprint density at radius 2 is 0.768 bits per heavy atom. The van der Waals surface area contributed by atoms with Gasteiger partial charge in [0.25, 0.3) is 0 Å². The zero-order valence-corrected chi connectivity index (χ0v) is 29.9. The molecule has 0 fully saturated rings. The van der Waals surface area contributed by atoms with Gasteiger partial charge in [0.1, 0.15) is 5.82 Å². The summed E-state index contributed by atoms with van der Waals surface area (Å²) in [6, 6.07) is 53.2. The third-order valence-electron chi connectivity index (χ3n) is 11.9. The second kappa shape index (κ2) is 11.5. The maximum absolute atomic E-state index is 14.2. The second-order valence-corrected chi connectivity index (χ2v) is 14.8. The predicted molar refractivity (Wildman–Crippen MR) is 221 cm³/mol. The van der Waals surface area contributed by atoms with Gasteiger partial charge in [-0.25, -0.2) is 9.97 Å². The first kappa shape index (κ1) is 31.0. The molecule has 0 N–H and O–H groups in total. The number of hydrogen-bond acceptors (Lipinski definition) is 6. The Balaban J connectivity index is 1.14. The summed E-state index contributed by atoms with van der Waals surface area (Å²) in [6.45, 7) is 0. The van der Waals surface area contributed by atoms with Crippen molar-refractivity contribution in [3.05, 3.63) is 215 Å². The molecule has 1 aliphatic heterocycles. The first-order chi connectivity index (χ1) is 27.6. The van der Waals surface area contributed by atoms with Crippen LogP contribution in [0.4, 0.5) is 11.6 Å². The molecular formula is C50H30N4O2. The molecule has 0 unspecified atom stereocenters. The Bertz CT molecular complexity index is 2830. The largest absolute Gasteiger partial charge is 0.297 e. The Kier molecular flexibility index (Phi) is 6.38. The van der Waals surface area contributed by atoms with Crippen molar-refractivity contribution in [3.63, 3.8) is 0 Å². The van der Waals surface area contributed by atoms with Gasteiger partial charge in [-0.05, 0) is 91.7 Å². The molecule has 0 spiro atoms. The molecule has 0 atom stereocenters. The number of para-hydroxylation sites is 2. The van der Waals surface area contributed by atoms with Gasteiger partial charge in [0.15, 0.2) is 23.2 Å². The lowest BCUT2D eigenvalue weighted by atomic mass is 10.0. The first-order valence-corrected chi connectivity index (χ1v) is 18.9. The Morgan fingerprint density at radius 3 is 1.18 bits per heavy atom. The van der Waals surface area contributed by atoms with Crippen molar-refractivity contribution < 1.29 is 9.59 Å². The average molecular weight is 719 g/mol. The number of anilines is 2. The van der Waals surface area contributed by atoms with E-state index in [1.807, 2.05) is 66.7 Å². The average Bonchev–Trinajstić information content (AvgIpc) is 3.92. The maximum atomic E-state index is 14.2. The number of Topliss-reactive ketones (excluding diaryl/α,β-unsaturated/α-hetero) is 2. The zero-order valence-electron chi connectivity index (χ0n) is 29.9. The van der Waals surface area contributed by atoms with Crippen LogP contribution >= 0.6 is 0 Å². The van der Waals surface area contributed by atoms with Gasteiger partial charge < -0.3 is 0 Å². The lowest BCUT2D eigenvalue weighted by molar-refractivity contribution is 0.0988. The van der Waals surface area contributed by atoms with E-state index in [1.165, 1.54) is 22.3 Å². The van der Waals surface area contributed by atoms with Crippen LogP contribution in [0.3, 0.4) is 0 Å². The van der Waals surface area contributed by atoms with Gasteiger partial charge in [0, 0.05) is 11.1 Å². The van der Waals surface area contributed by atoms with E-state index < -0.39 is 0 Å². The fourth-order valence-corrected chi connectivity index (χ4v) is 9.44. The van der Waals surface area contributed by atoms with E-state index in [4.69, 9.17) is 9.97 Å². The standard InChI is InChI=1S/C50H30N4O2/c55-47-39(48(56)41-28-30-14-2-1-13-29(30)27-40(41)47)25-26-44-53(45-35-19-7-3-15-31(35)32-16-4-8-20-36(32)45)49-50(52-43-24-12-11-23-42(43)51-49)54(44)46-37-21-9-5-17-33(37)34-18-6-10-22-38(34)46/h1-28,45-46H. The number of hydrogen-bond donors (Lipinski definition) is 0. The van der Waals surface area contributed by atoms with Crippen molar-refractivity contribution in [1.82, 2.24) is 9.97 Å². The predicted octanol–water partition coefficient (Wildman–Crippen LogP) is 10.8. The number of aromatic nitrogens is 2. The molecule has 2 heterocycles. The number of benzene rings is 7. The highest BCUT2D eigenvalue weighted by atomic mass is 16.2. The smallest absolute Gasteiger partial charge is 0.197 e. The summed E-state index contributed by atoms with van der Waals surface area (Å²) in [5.41, 5.74) is 11.8. The van der Waals surface area contributed by atoms with Gasteiger partial charge in [-0.15, -0.1) is 0 Å². The molecule has 8 aromatic rings. The summed E-state index contributed by atoms with van der Waals surface area (Å²) < 4.78 is 0. The molecule has 262 valence electrons. The lowest BCUT2D eigenvalue weighted by Crippen LogP contribution is -2.34. The molecule has 1 aromatic heterocycles. The van der Waals surface area contributed by atoms with Gasteiger partial charge in [-0.3, -0.25) is 19.4 Å². The van der Waals surface area contributed by atoms with Gasteiger partial charge in [0.2, 0.25) is 0 Å². The summed E-state index contributed by atoms with van der Waals surface area (Å²) in [6.07, 6.45) is 3.69. The molecule has 0 saturated heterocycles. The van der Waals surface area contributed by atoms with Gasteiger partial charge >= 0.3 is 0 Å². The van der Waals surface area contributed by atoms with E-state index in [1.54, 1.807) is 6.08 Å². The Labute approximate surface area is 322 Å². The Hall–Kier alpha value is -7.44. The minimum absolute atomic E-state index is 0.143. The van der Waals surface area contributed by atoms with Gasteiger partial charge in [0.05, 0.1) is 28.7 Å². The van der Waals surface area contributed by atoms with E-state index in [0.717, 1.165) is 49.9 Å². The van der Waals surface area contributed by atoms with Crippen molar-refractivity contribution in [1.29, 1.82) is 0 Å². The number of carbonyl (C=O) groups excluding carboxylic acids is 2. The fraction of sp³-hybridized carbons (Fsp3) is 0.0400. The minimum Gasteiger partial charge on any atom is -0.297 e. The summed E-state index contributed by atoms with van der Waals surface area (Å²) in [4.78, 5) is 43.8. The summed E-state index contributed by atoms with van der Waals surface area (Å²) in [7, 11) is 0. The van der Waals surface area contributed by atoms with Crippen molar-refractivity contribution in [2.75, 3.05) is 9.80 Å². The third-order valence-corrected chi connectivity index (χ3v) is 11.9. The van der Waals surface area contributed by atoms with Crippen LogP contribution in [0.1, 0.15) is 55.1 Å². The molecule has 0 bridgehead atoms. The van der Waals surface area contributed by atoms with Crippen LogP contribution in [-0.2, 0) is 0 Å². The highest BCUT2D eigenvalue weighted by Gasteiger charge is 2.48. The van der Waals surface area contributed by atoms with E-state index >= 15 is 0 Å². The van der Waals surface area contributed by atoms with E-state index in [-0.39, 0.29) is 29.2 Å². The summed E-state index contributed by atoms with van der Waals surface area (Å²) in [5.74, 6) is 1.67. The van der Waals surface area contributed by atoms with E-state index in [0.29, 0.717) is 22.8 Å². The number of nitrogens with zero attached hydrogens (tertiary/aromatic N) is 4. The number of ketones is 2. The van der Waals surface area contributed by atoms with Crippen molar-refractivity contribution >= 4 is 45.0 Å². The van der Waals surface area contributed by atoms with Crippen molar-refractivity contribution in [2.45, 2.75) is 12.1 Å². The Morgan fingerprint density at radius 1 is 0.411 bits per heavy atom. The molecule has 4 aliphatic rings. The monoisotopic (exact) mass is 718 g/mol. The molecule has 56 heavy (non-hydrogen) atoms. The minimum atomic E-state index is -0.268. The number of allylic oxidation sites excluding steroid dienone is 3. The van der Waals surface area contributed by atoms with Crippen molar-refractivity contribution in [3.8, 4) is 22.3 Å². The molecule has 0 saturated carbocycles. The van der Waals surface area contributed by atoms with Gasteiger partial charge in [-0.1, -0.05) is 133 Å². The number of fused-ring (bicyclic) bond motifs is 10. The molecule has 0 amide bonds. The van der Waals surface area contributed by atoms with Crippen LogP contribution in [-0.4, -0.2) is 21.5 Å². The van der Waals surface area contributed by atoms with E-state index in [2.05, 4.69) is 107 Å².